The number of rotatable bonds is 7. The van der Waals surface area contributed by atoms with Crippen molar-refractivity contribution < 1.29 is 24.3 Å². The van der Waals surface area contributed by atoms with Crippen LogP contribution in [0.5, 0.6) is 11.5 Å². The highest BCUT2D eigenvalue weighted by Crippen LogP contribution is 2.31. The van der Waals surface area contributed by atoms with Gasteiger partial charge in [-0.05, 0) is 35.9 Å². The van der Waals surface area contributed by atoms with Gasteiger partial charge in [-0.3, -0.25) is 10.1 Å². The fourth-order valence-electron chi connectivity index (χ4n) is 1.96. The van der Waals surface area contributed by atoms with Gasteiger partial charge in [0.2, 0.25) is 0 Å². The number of hydrogen-bond donors (Lipinski definition) is 0. The van der Waals surface area contributed by atoms with Crippen LogP contribution in [0, 0.1) is 10.1 Å². The first-order valence-corrected chi connectivity index (χ1v) is 7.83. The first-order valence-electron chi connectivity index (χ1n) is 7.01. The molecule has 0 atom stereocenters. The van der Waals surface area contributed by atoms with Crippen LogP contribution in [-0.2, 0) is 4.79 Å². The van der Waals surface area contributed by atoms with Gasteiger partial charge in [-0.1, -0.05) is 11.8 Å². The minimum Gasteiger partial charge on any atom is -0.544 e. The highest BCUT2D eigenvalue weighted by molar-refractivity contribution is 8.04. The Bertz CT molecular complexity index is 794. The number of nitrogens with zero attached hydrogens (tertiary/aromatic N) is 1. The molecule has 25 heavy (non-hydrogen) atoms. The Morgan fingerprint density at radius 1 is 1.08 bits per heavy atom. The van der Waals surface area contributed by atoms with Crippen LogP contribution in [0.15, 0.2) is 52.3 Å². The number of carboxylic acids is 1. The second kappa shape index (κ2) is 8.20. The molecule has 0 aliphatic rings. The van der Waals surface area contributed by atoms with Crippen molar-refractivity contribution in [2.24, 2.45) is 0 Å². The first kappa shape index (κ1) is 18.3. The number of aliphatic carboxylic acids is 1. The number of ether oxygens (including phenoxy) is 2. The predicted molar refractivity (Wildman–Crippen MR) is 91.5 cm³/mol. The Labute approximate surface area is 148 Å². The highest BCUT2D eigenvalue weighted by atomic mass is 32.2. The van der Waals surface area contributed by atoms with Gasteiger partial charge in [0.25, 0.3) is 5.69 Å². The van der Waals surface area contributed by atoms with E-state index >= 15 is 0 Å². The maximum atomic E-state index is 11.4. The average molecular weight is 360 g/mol. The van der Waals surface area contributed by atoms with Crippen LogP contribution in [0.2, 0.25) is 0 Å². The summed E-state index contributed by atoms with van der Waals surface area (Å²) >= 11 is 0.934. The molecule has 0 bridgehead atoms. The van der Waals surface area contributed by atoms with Crippen molar-refractivity contribution in [3.63, 3.8) is 0 Å². The van der Waals surface area contributed by atoms with E-state index in [0.717, 1.165) is 11.8 Å². The molecular weight excluding hydrogens is 346 g/mol. The van der Waals surface area contributed by atoms with Crippen molar-refractivity contribution in [1.82, 2.24) is 0 Å². The molecule has 130 valence electrons. The third-order valence-corrected chi connectivity index (χ3v) is 4.16. The molecule has 0 heterocycles. The molecule has 0 unspecified atom stereocenters. The van der Waals surface area contributed by atoms with Crippen molar-refractivity contribution in [3.05, 3.63) is 63.0 Å². The molecule has 2 aromatic rings. The van der Waals surface area contributed by atoms with Gasteiger partial charge in [-0.15, -0.1) is 0 Å². The van der Waals surface area contributed by atoms with E-state index in [1.54, 1.807) is 18.2 Å². The van der Waals surface area contributed by atoms with E-state index in [1.165, 1.54) is 44.6 Å². The summed E-state index contributed by atoms with van der Waals surface area (Å²) in [5.41, 5.74) is 0.491. The lowest BCUT2D eigenvalue weighted by atomic mass is 10.2. The molecule has 0 radical (unpaired) electrons. The highest BCUT2D eigenvalue weighted by Gasteiger charge is 2.08. The summed E-state index contributed by atoms with van der Waals surface area (Å²) < 4.78 is 10.3. The van der Waals surface area contributed by atoms with E-state index in [-0.39, 0.29) is 10.6 Å². The van der Waals surface area contributed by atoms with Crippen LogP contribution in [0.3, 0.4) is 0 Å². The number of carboxylic acid groups (broad SMARTS) is 1. The lowest BCUT2D eigenvalue weighted by Crippen LogP contribution is -2.22. The standard InChI is InChI=1S/C17H15NO6S/c1-23-13-7-11(8-14(10-13)24-2)9-16(17(19)20)25-15-5-3-12(4-6-15)18(21)22/h3-10H,1-2H3,(H,19,20)/p-1/b16-9+. The molecule has 7 nitrogen and oxygen atoms in total. The fraction of sp³-hybridized carbons (Fsp3) is 0.118. The molecule has 0 amide bonds. The van der Waals surface area contributed by atoms with Crippen molar-refractivity contribution in [2.75, 3.05) is 14.2 Å². The Kier molecular flexibility index (Phi) is 6.02. The lowest BCUT2D eigenvalue weighted by Gasteiger charge is -2.10. The lowest BCUT2D eigenvalue weighted by molar-refractivity contribution is -0.384. The molecule has 2 rings (SSSR count). The van der Waals surface area contributed by atoms with Gasteiger partial charge in [0, 0.05) is 28.0 Å². The molecule has 0 saturated carbocycles. The number of thioether (sulfide) groups is 1. The number of methoxy groups -OCH3 is 2. The smallest absolute Gasteiger partial charge is 0.269 e. The summed E-state index contributed by atoms with van der Waals surface area (Å²) in [6, 6.07) is 10.5. The molecule has 2 aromatic carbocycles. The Morgan fingerprint density at radius 3 is 2.08 bits per heavy atom. The molecule has 0 aliphatic carbocycles. The monoisotopic (exact) mass is 360 g/mol. The number of nitro groups is 1. The third-order valence-electron chi connectivity index (χ3n) is 3.15. The second-order valence-electron chi connectivity index (χ2n) is 4.80. The van der Waals surface area contributed by atoms with Crippen LogP contribution in [0.4, 0.5) is 5.69 Å². The number of carbonyl (C=O) groups is 1. The topological polar surface area (TPSA) is 102 Å². The number of nitro benzene ring substituents is 1. The maximum Gasteiger partial charge on any atom is 0.269 e. The van der Waals surface area contributed by atoms with Crippen LogP contribution >= 0.6 is 11.8 Å². The van der Waals surface area contributed by atoms with Crippen LogP contribution < -0.4 is 14.6 Å². The van der Waals surface area contributed by atoms with Crippen LogP contribution in [-0.4, -0.2) is 25.1 Å². The Morgan fingerprint density at radius 2 is 1.64 bits per heavy atom. The zero-order chi connectivity index (χ0) is 18.4. The minimum atomic E-state index is -1.36. The number of carbonyl (C=O) groups excluding carboxylic acids is 1. The van der Waals surface area contributed by atoms with E-state index in [4.69, 9.17) is 9.47 Å². The largest absolute Gasteiger partial charge is 0.544 e. The molecule has 0 N–H and O–H groups in total. The van der Waals surface area contributed by atoms with Gasteiger partial charge >= 0.3 is 0 Å². The molecule has 0 saturated heterocycles. The van der Waals surface area contributed by atoms with E-state index in [0.29, 0.717) is 22.0 Å². The Balaban J connectivity index is 2.32. The summed E-state index contributed by atoms with van der Waals surface area (Å²) in [6.07, 6.45) is 1.42. The van der Waals surface area contributed by atoms with Gasteiger partial charge in [0.15, 0.2) is 0 Å². The van der Waals surface area contributed by atoms with Gasteiger partial charge in [-0.2, -0.15) is 0 Å². The normalized spacial score (nSPS) is 11.0. The van der Waals surface area contributed by atoms with Gasteiger partial charge in [0.05, 0.1) is 25.1 Å². The van der Waals surface area contributed by atoms with Crippen LogP contribution in [0.1, 0.15) is 5.56 Å². The molecule has 0 aliphatic heterocycles. The number of non-ortho nitro benzene ring substituents is 1. The van der Waals surface area contributed by atoms with Gasteiger partial charge in [-0.25, -0.2) is 0 Å². The van der Waals surface area contributed by atoms with Crippen molar-refractivity contribution in [2.45, 2.75) is 4.90 Å². The molecule has 0 spiro atoms. The third kappa shape index (κ3) is 4.98. The van der Waals surface area contributed by atoms with Gasteiger partial charge in [0.1, 0.15) is 11.5 Å². The molecular formula is C17H14NO6S-. The Hall–Kier alpha value is -3.00. The summed E-state index contributed by atoms with van der Waals surface area (Å²) in [5.74, 6) is -0.322. The van der Waals surface area contributed by atoms with E-state index < -0.39 is 10.9 Å². The van der Waals surface area contributed by atoms with E-state index in [2.05, 4.69) is 0 Å². The fourth-order valence-corrected chi connectivity index (χ4v) is 2.76. The van der Waals surface area contributed by atoms with E-state index in [9.17, 15) is 20.0 Å². The summed E-state index contributed by atoms with van der Waals surface area (Å²) in [7, 11) is 2.99. The molecule has 8 heteroatoms. The zero-order valence-electron chi connectivity index (χ0n) is 13.4. The van der Waals surface area contributed by atoms with E-state index in [1.807, 2.05) is 0 Å². The quantitative estimate of drug-likeness (QED) is 0.323. The summed E-state index contributed by atoms with van der Waals surface area (Å²) in [6.45, 7) is 0. The summed E-state index contributed by atoms with van der Waals surface area (Å²) in [4.78, 5) is 22.1. The summed E-state index contributed by atoms with van der Waals surface area (Å²) in [5, 5.41) is 22.1. The molecule has 0 fully saturated rings. The second-order valence-corrected chi connectivity index (χ2v) is 5.91. The number of benzene rings is 2. The first-order chi connectivity index (χ1) is 11.9. The predicted octanol–water partition coefficient (Wildman–Crippen LogP) is 2.50. The number of hydrogen-bond acceptors (Lipinski definition) is 7. The van der Waals surface area contributed by atoms with Gasteiger partial charge < -0.3 is 19.4 Å². The minimum absolute atomic E-state index is 0.0517. The molecule has 0 aromatic heterocycles. The maximum absolute atomic E-state index is 11.4. The zero-order valence-corrected chi connectivity index (χ0v) is 14.2. The van der Waals surface area contributed by atoms with Crippen molar-refractivity contribution in [3.8, 4) is 11.5 Å². The van der Waals surface area contributed by atoms with Crippen molar-refractivity contribution in [1.29, 1.82) is 0 Å². The van der Waals surface area contributed by atoms with Crippen LogP contribution in [0.25, 0.3) is 6.08 Å². The average Bonchev–Trinajstić information content (AvgIpc) is 2.61. The SMILES string of the molecule is COc1cc(/C=C(/Sc2ccc([N+](=O)[O-])cc2)C(=O)[O-])cc(OC)c1. The van der Waals surface area contributed by atoms with Crippen molar-refractivity contribution >= 4 is 29.5 Å².